The molecule has 0 aliphatic carbocycles. The summed E-state index contributed by atoms with van der Waals surface area (Å²) in [6, 6.07) is 5.41. The summed E-state index contributed by atoms with van der Waals surface area (Å²) < 4.78 is 25.4. The second-order valence-electron chi connectivity index (χ2n) is 3.42. The number of sulfonamides is 1. The van der Waals surface area contributed by atoms with Crippen molar-refractivity contribution in [3.8, 4) is 0 Å². The van der Waals surface area contributed by atoms with Gasteiger partial charge >= 0.3 is 11.9 Å². The molecule has 0 fully saturated rings. The molecule has 18 heavy (non-hydrogen) atoms. The first-order valence-corrected chi connectivity index (χ1v) is 6.33. The molecule has 0 saturated carbocycles. The summed E-state index contributed by atoms with van der Waals surface area (Å²) in [5.74, 6) is -2.95. The number of nitrogens with one attached hydrogen (secondary N) is 1. The summed E-state index contributed by atoms with van der Waals surface area (Å²) in [5, 5.41) is 17.2. The Labute approximate surface area is 103 Å². The van der Waals surface area contributed by atoms with Crippen LogP contribution in [0.5, 0.6) is 0 Å². The molecule has 7 nitrogen and oxygen atoms in total. The quantitative estimate of drug-likeness (QED) is 0.665. The molecule has 0 amide bonds. The summed E-state index contributed by atoms with van der Waals surface area (Å²) in [5.41, 5.74) is 0. The third-order valence-corrected chi connectivity index (χ3v) is 3.52. The molecule has 1 rings (SSSR count). The lowest BCUT2D eigenvalue weighted by Gasteiger charge is -2.12. The molecule has 0 aliphatic heterocycles. The predicted molar refractivity (Wildman–Crippen MR) is 60.4 cm³/mol. The van der Waals surface area contributed by atoms with Crippen molar-refractivity contribution in [2.45, 2.75) is 17.4 Å². The van der Waals surface area contributed by atoms with Crippen LogP contribution in [0.4, 0.5) is 0 Å². The van der Waals surface area contributed by atoms with Gasteiger partial charge in [0, 0.05) is 0 Å². The monoisotopic (exact) mass is 273 g/mol. The zero-order valence-corrected chi connectivity index (χ0v) is 9.92. The number of benzene rings is 1. The maximum absolute atomic E-state index is 11.8. The zero-order valence-electron chi connectivity index (χ0n) is 9.11. The minimum absolute atomic E-state index is 0.123. The largest absolute Gasteiger partial charge is 0.481 e. The lowest BCUT2D eigenvalue weighted by molar-refractivity contribution is -0.145. The van der Waals surface area contributed by atoms with Gasteiger partial charge < -0.3 is 10.2 Å². The molecule has 0 aliphatic rings. The van der Waals surface area contributed by atoms with Crippen LogP contribution in [0.3, 0.4) is 0 Å². The van der Waals surface area contributed by atoms with Gasteiger partial charge in [0.2, 0.25) is 10.0 Å². The Balaban J connectivity index is 2.93. The molecule has 3 N–H and O–H groups in total. The molecule has 1 aromatic carbocycles. The molecule has 0 spiro atoms. The third kappa shape index (κ3) is 3.82. The van der Waals surface area contributed by atoms with Gasteiger partial charge in [-0.1, -0.05) is 18.2 Å². The van der Waals surface area contributed by atoms with Crippen LogP contribution in [-0.2, 0) is 19.6 Å². The Hall–Kier alpha value is -1.93. The predicted octanol–water partition coefficient (Wildman–Crippen LogP) is -0.107. The summed E-state index contributed by atoms with van der Waals surface area (Å²) in [4.78, 5) is 21.1. The number of carboxylic acids is 2. The lowest BCUT2D eigenvalue weighted by atomic mass is 10.2. The highest BCUT2D eigenvalue weighted by atomic mass is 32.2. The number of aliphatic carboxylic acids is 2. The summed E-state index contributed by atoms with van der Waals surface area (Å²) in [6.45, 7) is 0. The van der Waals surface area contributed by atoms with E-state index in [-0.39, 0.29) is 4.90 Å². The van der Waals surface area contributed by atoms with Gasteiger partial charge in [-0.15, -0.1) is 0 Å². The summed E-state index contributed by atoms with van der Waals surface area (Å²) in [6.07, 6.45) is -0.832. The standard InChI is InChI=1S/C10H11NO6S/c12-9(13)6-8(10(14)15)11-18(16,17)7-4-2-1-3-5-7/h1-5,8,11H,6H2,(H,12,13)(H,14,15)/t8-/m0/s1. The van der Waals surface area contributed by atoms with E-state index in [9.17, 15) is 18.0 Å². The average molecular weight is 273 g/mol. The minimum atomic E-state index is -4.04. The number of rotatable bonds is 6. The fourth-order valence-electron chi connectivity index (χ4n) is 1.21. The van der Waals surface area contributed by atoms with Crippen molar-refractivity contribution in [2.75, 3.05) is 0 Å². The third-order valence-electron chi connectivity index (χ3n) is 2.03. The van der Waals surface area contributed by atoms with Crippen LogP contribution < -0.4 is 4.72 Å². The van der Waals surface area contributed by atoms with E-state index < -0.39 is 34.4 Å². The van der Waals surface area contributed by atoms with Crippen molar-refractivity contribution in [3.63, 3.8) is 0 Å². The van der Waals surface area contributed by atoms with Crippen LogP contribution >= 0.6 is 0 Å². The zero-order chi connectivity index (χ0) is 13.8. The highest BCUT2D eigenvalue weighted by Crippen LogP contribution is 2.09. The van der Waals surface area contributed by atoms with Gasteiger partial charge in [0.25, 0.3) is 0 Å². The van der Waals surface area contributed by atoms with Crippen molar-refractivity contribution in [1.82, 2.24) is 4.72 Å². The van der Waals surface area contributed by atoms with E-state index in [1.807, 2.05) is 4.72 Å². The summed E-state index contributed by atoms with van der Waals surface area (Å²) in [7, 11) is -4.04. The van der Waals surface area contributed by atoms with E-state index in [1.54, 1.807) is 6.07 Å². The normalized spacial score (nSPS) is 12.9. The van der Waals surface area contributed by atoms with Crippen LogP contribution in [0.15, 0.2) is 35.2 Å². The first-order valence-electron chi connectivity index (χ1n) is 4.85. The SMILES string of the molecule is O=C(O)C[C@H](NS(=O)(=O)c1ccccc1)C(=O)O. The van der Waals surface area contributed by atoms with Gasteiger partial charge in [0.1, 0.15) is 6.04 Å². The number of hydrogen-bond donors (Lipinski definition) is 3. The van der Waals surface area contributed by atoms with Gasteiger partial charge in [0.15, 0.2) is 0 Å². The molecule has 0 heterocycles. The first kappa shape index (κ1) is 14.1. The van der Waals surface area contributed by atoms with Crippen LogP contribution in [-0.4, -0.2) is 36.6 Å². The van der Waals surface area contributed by atoms with Crippen LogP contribution in [0.1, 0.15) is 6.42 Å². The van der Waals surface area contributed by atoms with Crippen molar-refractivity contribution in [2.24, 2.45) is 0 Å². The molecule has 98 valence electrons. The van der Waals surface area contributed by atoms with Gasteiger partial charge in [-0.3, -0.25) is 9.59 Å². The number of carboxylic acid groups (broad SMARTS) is 2. The van der Waals surface area contributed by atoms with Crippen molar-refractivity contribution >= 4 is 22.0 Å². The van der Waals surface area contributed by atoms with E-state index in [2.05, 4.69) is 0 Å². The van der Waals surface area contributed by atoms with E-state index in [0.29, 0.717) is 0 Å². The van der Waals surface area contributed by atoms with Crippen molar-refractivity contribution < 1.29 is 28.2 Å². The van der Waals surface area contributed by atoms with Gasteiger partial charge in [-0.2, -0.15) is 4.72 Å². The maximum Gasteiger partial charge on any atom is 0.322 e. The second-order valence-corrected chi connectivity index (χ2v) is 5.14. The van der Waals surface area contributed by atoms with Crippen molar-refractivity contribution in [1.29, 1.82) is 0 Å². The Kier molecular flexibility index (Phi) is 4.40. The molecule has 0 bridgehead atoms. The molecular formula is C10H11NO6S. The molecule has 0 radical (unpaired) electrons. The highest BCUT2D eigenvalue weighted by molar-refractivity contribution is 7.89. The highest BCUT2D eigenvalue weighted by Gasteiger charge is 2.27. The Morgan fingerprint density at radius 2 is 1.72 bits per heavy atom. The Bertz CT molecular complexity index is 539. The molecule has 0 saturated heterocycles. The van der Waals surface area contributed by atoms with Crippen molar-refractivity contribution in [3.05, 3.63) is 30.3 Å². The fraction of sp³-hybridized carbons (Fsp3) is 0.200. The van der Waals surface area contributed by atoms with Gasteiger partial charge in [-0.05, 0) is 12.1 Å². The molecule has 8 heteroatoms. The summed E-state index contributed by atoms with van der Waals surface area (Å²) >= 11 is 0. The smallest absolute Gasteiger partial charge is 0.322 e. The second kappa shape index (κ2) is 5.61. The molecule has 1 atom stereocenters. The number of hydrogen-bond acceptors (Lipinski definition) is 4. The maximum atomic E-state index is 11.8. The van der Waals surface area contributed by atoms with Crippen LogP contribution in [0, 0.1) is 0 Å². The Morgan fingerprint density at radius 3 is 2.17 bits per heavy atom. The van der Waals surface area contributed by atoms with Gasteiger partial charge in [0.05, 0.1) is 11.3 Å². The van der Waals surface area contributed by atoms with E-state index >= 15 is 0 Å². The minimum Gasteiger partial charge on any atom is -0.481 e. The van der Waals surface area contributed by atoms with Crippen LogP contribution in [0.2, 0.25) is 0 Å². The molecular weight excluding hydrogens is 262 g/mol. The first-order chi connectivity index (χ1) is 8.33. The van der Waals surface area contributed by atoms with Crippen LogP contribution in [0.25, 0.3) is 0 Å². The van der Waals surface area contributed by atoms with Gasteiger partial charge in [-0.25, -0.2) is 8.42 Å². The number of carbonyl (C=O) groups is 2. The molecule has 0 aromatic heterocycles. The molecule has 1 aromatic rings. The average Bonchev–Trinajstić information content (AvgIpc) is 2.28. The van der Waals surface area contributed by atoms with E-state index in [1.165, 1.54) is 24.3 Å². The van der Waals surface area contributed by atoms with E-state index in [4.69, 9.17) is 10.2 Å². The fourth-order valence-corrected chi connectivity index (χ4v) is 2.42. The lowest BCUT2D eigenvalue weighted by Crippen LogP contribution is -2.42. The van der Waals surface area contributed by atoms with E-state index in [0.717, 1.165) is 0 Å². The molecule has 0 unspecified atom stereocenters. The topological polar surface area (TPSA) is 121 Å². The Morgan fingerprint density at radius 1 is 1.17 bits per heavy atom.